The molecule has 0 bridgehead atoms. The van der Waals surface area contributed by atoms with E-state index < -0.39 is 36.0 Å². The molecule has 168 valence electrons. The first kappa shape index (κ1) is 21.8. The van der Waals surface area contributed by atoms with Gasteiger partial charge >= 0.3 is 12.2 Å². The number of aromatic nitrogens is 2. The predicted molar refractivity (Wildman–Crippen MR) is 113 cm³/mol. The maximum atomic E-state index is 14.2. The Bertz CT molecular complexity index is 1150. The van der Waals surface area contributed by atoms with Gasteiger partial charge in [-0.2, -0.15) is 5.10 Å². The van der Waals surface area contributed by atoms with Gasteiger partial charge in [-0.1, -0.05) is 11.6 Å². The average Bonchev–Trinajstić information content (AvgIpc) is 3.20. The maximum Gasteiger partial charge on any atom is 0.412 e. The van der Waals surface area contributed by atoms with Gasteiger partial charge in [-0.3, -0.25) is 10.4 Å². The highest BCUT2D eigenvalue weighted by Crippen LogP contribution is 2.34. The molecule has 1 saturated heterocycles. The van der Waals surface area contributed by atoms with Gasteiger partial charge in [0.1, 0.15) is 17.4 Å². The number of carbonyl (C=O) groups is 2. The molecule has 2 heterocycles. The van der Waals surface area contributed by atoms with Gasteiger partial charge in [0.25, 0.3) is 0 Å². The van der Waals surface area contributed by atoms with Crippen molar-refractivity contribution >= 4 is 40.4 Å². The number of nitrogens with one attached hydrogen (secondary N) is 2. The van der Waals surface area contributed by atoms with Gasteiger partial charge in [0.15, 0.2) is 5.82 Å². The highest BCUT2D eigenvalue weighted by atomic mass is 35.5. The number of hydrogen-bond donors (Lipinski definition) is 3. The van der Waals surface area contributed by atoms with E-state index in [1.54, 1.807) is 0 Å². The number of piperidine rings is 1. The Hall–Kier alpha value is -3.40. The molecule has 0 aliphatic carbocycles. The molecule has 0 spiro atoms. The number of anilines is 1. The number of halogens is 3. The van der Waals surface area contributed by atoms with Crippen LogP contribution in [0.1, 0.15) is 30.9 Å². The second-order valence-electron chi connectivity index (χ2n) is 7.49. The summed E-state index contributed by atoms with van der Waals surface area (Å²) in [6.07, 6.45) is -0.0567. The normalized spacial score (nSPS) is 17.2. The van der Waals surface area contributed by atoms with Crippen LogP contribution in [-0.2, 0) is 4.74 Å². The number of amides is 2. The Morgan fingerprint density at radius 1 is 1.25 bits per heavy atom. The van der Waals surface area contributed by atoms with Gasteiger partial charge in [0, 0.05) is 22.6 Å². The van der Waals surface area contributed by atoms with Crippen molar-refractivity contribution < 1.29 is 28.2 Å². The molecule has 0 saturated carbocycles. The maximum absolute atomic E-state index is 14.2. The van der Waals surface area contributed by atoms with Gasteiger partial charge in [0.05, 0.1) is 12.2 Å². The quantitative estimate of drug-likeness (QED) is 0.484. The lowest BCUT2D eigenvalue weighted by molar-refractivity contribution is 0.0177. The Morgan fingerprint density at radius 3 is 2.81 bits per heavy atom. The topological polar surface area (TPSA) is 108 Å². The van der Waals surface area contributed by atoms with Crippen LogP contribution in [0.25, 0.3) is 10.9 Å². The molecule has 1 aromatic heterocycles. The van der Waals surface area contributed by atoms with Crippen molar-refractivity contribution in [3.8, 4) is 0 Å². The number of ether oxygens (including phenoxy) is 1. The molecule has 1 fully saturated rings. The van der Waals surface area contributed by atoms with E-state index in [2.05, 4.69) is 15.5 Å². The smallest absolute Gasteiger partial charge is 0.412 e. The Kier molecular flexibility index (Phi) is 6.13. The summed E-state index contributed by atoms with van der Waals surface area (Å²) in [5.74, 6) is -1.26. The van der Waals surface area contributed by atoms with Crippen molar-refractivity contribution in [2.24, 2.45) is 0 Å². The molecule has 2 aromatic carbocycles. The number of carbonyl (C=O) groups excluding carboxylic acids is 1. The fraction of sp³-hybridized carbons (Fsp3) is 0.286. The van der Waals surface area contributed by atoms with Crippen LogP contribution in [0.4, 0.5) is 24.1 Å². The number of H-pyrrole nitrogens is 1. The molecule has 1 aliphatic rings. The molecule has 0 radical (unpaired) electrons. The minimum absolute atomic E-state index is 0.0826. The Labute approximate surface area is 186 Å². The first-order valence-electron chi connectivity index (χ1n) is 9.87. The molecular formula is C21H19ClF2N4O4. The number of likely N-dealkylation sites (tertiary alicyclic amines) is 1. The van der Waals surface area contributed by atoms with E-state index >= 15 is 0 Å². The molecule has 4 rings (SSSR count). The zero-order valence-corrected chi connectivity index (χ0v) is 17.4. The lowest BCUT2D eigenvalue weighted by Crippen LogP contribution is -2.47. The van der Waals surface area contributed by atoms with E-state index in [0.717, 1.165) is 18.2 Å². The average molecular weight is 465 g/mol. The van der Waals surface area contributed by atoms with E-state index in [-0.39, 0.29) is 28.3 Å². The lowest BCUT2D eigenvalue weighted by Gasteiger charge is -2.38. The number of carboxylic acid groups (broad SMARTS) is 1. The largest absolute Gasteiger partial charge is 0.465 e. The minimum Gasteiger partial charge on any atom is -0.465 e. The molecule has 3 aromatic rings. The summed E-state index contributed by atoms with van der Waals surface area (Å²) < 4.78 is 33.8. The van der Waals surface area contributed by atoms with Gasteiger partial charge in [-0.15, -0.1) is 0 Å². The predicted octanol–water partition coefficient (Wildman–Crippen LogP) is 5.32. The van der Waals surface area contributed by atoms with Crippen LogP contribution in [0.2, 0.25) is 5.02 Å². The van der Waals surface area contributed by atoms with Crippen molar-refractivity contribution in [2.75, 3.05) is 11.9 Å². The molecule has 2 atom stereocenters. The first-order chi connectivity index (χ1) is 15.3. The third-order valence-corrected chi connectivity index (χ3v) is 5.56. The number of fused-ring (bicyclic) bond motifs is 1. The van der Waals surface area contributed by atoms with Gasteiger partial charge in [-0.25, -0.2) is 18.4 Å². The Morgan fingerprint density at radius 2 is 2.06 bits per heavy atom. The summed E-state index contributed by atoms with van der Waals surface area (Å²) in [6.45, 7) is 0.257. The fourth-order valence-electron chi connectivity index (χ4n) is 3.97. The summed E-state index contributed by atoms with van der Waals surface area (Å²) in [5, 5.41) is 18.8. The number of hydrogen-bond acceptors (Lipinski definition) is 4. The van der Waals surface area contributed by atoms with Crippen LogP contribution in [0, 0.1) is 11.6 Å². The second-order valence-corrected chi connectivity index (χ2v) is 7.92. The lowest BCUT2D eigenvalue weighted by atomic mass is 9.93. The summed E-state index contributed by atoms with van der Waals surface area (Å²) in [6, 6.07) is 5.53. The molecule has 32 heavy (non-hydrogen) atoms. The zero-order chi connectivity index (χ0) is 22.8. The van der Waals surface area contributed by atoms with Crippen molar-refractivity contribution in [1.82, 2.24) is 15.1 Å². The van der Waals surface area contributed by atoms with Crippen LogP contribution >= 0.6 is 11.6 Å². The number of benzene rings is 2. The minimum atomic E-state index is -1.17. The number of rotatable bonds is 4. The summed E-state index contributed by atoms with van der Waals surface area (Å²) >= 11 is 5.98. The summed E-state index contributed by atoms with van der Waals surface area (Å²) in [5.41, 5.74) is 0.534. The monoisotopic (exact) mass is 464 g/mol. The third-order valence-electron chi connectivity index (χ3n) is 5.34. The third kappa shape index (κ3) is 4.59. The zero-order valence-electron chi connectivity index (χ0n) is 16.6. The highest BCUT2D eigenvalue weighted by Gasteiger charge is 2.37. The van der Waals surface area contributed by atoms with Crippen molar-refractivity contribution in [1.29, 1.82) is 0 Å². The highest BCUT2D eigenvalue weighted by molar-refractivity contribution is 6.30. The van der Waals surface area contributed by atoms with Crippen LogP contribution in [0.3, 0.4) is 0 Å². The standard InChI is InChI=1S/C21H19ClF2N4O4/c22-13-5-11(6-14(23)8-13)19(17-3-1-2-4-28(17)21(30)31)32-20(29)26-15-7-12-10-25-27-18(12)16(24)9-15/h5-10,17,19H,1-4H2,(H,25,27)(H,26,29)(H,30,31)/t17-,19?/m0/s1. The van der Waals surface area contributed by atoms with E-state index in [0.29, 0.717) is 24.6 Å². The van der Waals surface area contributed by atoms with Crippen LogP contribution in [0.5, 0.6) is 0 Å². The molecule has 1 unspecified atom stereocenters. The number of nitrogens with zero attached hydrogens (tertiary/aromatic N) is 2. The van der Waals surface area contributed by atoms with Crippen molar-refractivity contribution in [3.05, 3.63) is 58.7 Å². The van der Waals surface area contributed by atoms with E-state index in [1.807, 2.05) is 0 Å². The summed E-state index contributed by atoms with van der Waals surface area (Å²) in [7, 11) is 0. The van der Waals surface area contributed by atoms with Gasteiger partial charge in [0.2, 0.25) is 0 Å². The van der Waals surface area contributed by atoms with Crippen LogP contribution in [0.15, 0.2) is 36.5 Å². The number of aromatic amines is 1. The second kappa shape index (κ2) is 8.99. The van der Waals surface area contributed by atoms with Crippen molar-refractivity contribution in [3.63, 3.8) is 0 Å². The molecule has 11 heteroatoms. The molecule has 1 aliphatic heterocycles. The van der Waals surface area contributed by atoms with Crippen LogP contribution in [-0.4, -0.2) is 45.0 Å². The molecule has 3 N–H and O–H groups in total. The van der Waals surface area contributed by atoms with E-state index in [1.165, 1.54) is 23.2 Å². The molecular weight excluding hydrogens is 446 g/mol. The van der Waals surface area contributed by atoms with Crippen molar-refractivity contribution in [2.45, 2.75) is 31.4 Å². The molecule has 8 nitrogen and oxygen atoms in total. The SMILES string of the molecule is O=C(Nc1cc(F)c2[nH]ncc2c1)OC(c1cc(F)cc(Cl)c1)[C@@H]1CCCCN1C(=O)O. The van der Waals surface area contributed by atoms with Gasteiger partial charge < -0.3 is 14.7 Å². The summed E-state index contributed by atoms with van der Waals surface area (Å²) in [4.78, 5) is 25.6. The first-order valence-corrected chi connectivity index (χ1v) is 10.3. The van der Waals surface area contributed by atoms with E-state index in [9.17, 15) is 23.5 Å². The van der Waals surface area contributed by atoms with Gasteiger partial charge in [-0.05, 0) is 55.2 Å². The molecule has 2 amide bonds. The van der Waals surface area contributed by atoms with E-state index in [4.69, 9.17) is 16.3 Å². The fourth-order valence-corrected chi connectivity index (χ4v) is 4.20. The Balaban J connectivity index is 1.63. The van der Waals surface area contributed by atoms with Crippen LogP contribution < -0.4 is 5.32 Å².